The molecule has 1 aliphatic rings. The number of benzene rings is 1. The molecule has 88 valence electrons. The monoisotopic (exact) mass is 217 g/mol. The lowest BCUT2D eigenvalue weighted by Crippen LogP contribution is -2.20. The summed E-state index contributed by atoms with van der Waals surface area (Å²) in [5.74, 6) is 0.877. The molecular formula is C15H23N. The van der Waals surface area contributed by atoms with E-state index in [4.69, 9.17) is 0 Å². The first kappa shape index (κ1) is 11.7. The highest BCUT2D eigenvalue weighted by atomic mass is 14.9. The van der Waals surface area contributed by atoms with E-state index in [0.717, 1.165) is 18.8 Å². The Bertz CT molecular complexity index is 352. The number of hydrogen-bond donors (Lipinski definition) is 1. The third-order valence-electron chi connectivity index (χ3n) is 3.74. The van der Waals surface area contributed by atoms with Crippen LogP contribution in [0.1, 0.15) is 49.4 Å². The molecule has 1 aromatic rings. The molecule has 0 spiro atoms. The molecule has 0 aliphatic heterocycles. The van der Waals surface area contributed by atoms with Gasteiger partial charge in [-0.25, -0.2) is 0 Å². The Morgan fingerprint density at radius 3 is 2.50 bits per heavy atom. The summed E-state index contributed by atoms with van der Waals surface area (Å²) in [7, 11) is 2.10. The Kier molecular flexibility index (Phi) is 3.65. The van der Waals surface area contributed by atoms with Gasteiger partial charge >= 0.3 is 0 Å². The standard InChI is InChI=1S/C15H23N/c1-4-11-6-7-12(5-2)14(10-11)15(16-3)13-8-9-13/h6-7,10,13,15-16H,4-5,8-9H2,1-3H3. The maximum absolute atomic E-state index is 3.51. The molecule has 1 saturated carbocycles. The average molecular weight is 217 g/mol. The first-order valence-electron chi connectivity index (χ1n) is 6.59. The van der Waals surface area contributed by atoms with E-state index in [0.29, 0.717) is 6.04 Å². The van der Waals surface area contributed by atoms with Gasteiger partial charge in [-0.3, -0.25) is 0 Å². The quantitative estimate of drug-likeness (QED) is 0.796. The second-order valence-corrected chi connectivity index (χ2v) is 4.84. The van der Waals surface area contributed by atoms with Gasteiger partial charge < -0.3 is 5.32 Å². The van der Waals surface area contributed by atoms with E-state index in [1.807, 2.05) is 0 Å². The van der Waals surface area contributed by atoms with Crippen LogP contribution in [-0.4, -0.2) is 7.05 Å². The van der Waals surface area contributed by atoms with Crippen molar-refractivity contribution in [2.75, 3.05) is 7.05 Å². The van der Waals surface area contributed by atoms with Crippen LogP contribution in [0.25, 0.3) is 0 Å². The van der Waals surface area contributed by atoms with Gasteiger partial charge in [-0.2, -0.15) is 0 Å². The minimum absolute atomic E-state index is 0.585. The van der Waals surface area contributed by atoms with Crippen LogP contribution in [0.4, 0.5) is 0 Å². The van der Waals surface area contributed by atoms with Crippen molar-refractivity contribution in [2.45, 2.75) is 45.6 Å². The van der Waals surface area contributed by atoms with Crippen molar-refractivity contribution < 1.29 is 0 Å². The molecule has 0 saturated heterocycles. The van der Waals surface area contributed by atoms with Gasteiger partial charge in [-0.1, -0.05) is 32.0 Å². The lowest BCUT2D eigenvalue weighted by molar-refractivity contribution is 0.524. The molecule has 1 unspecified atom stereocenters. The fourth-order valence-electron chi connectivity index (χ4n) is 2.55. The van der Waals surface area contributed by atoms with E-state index in [2.05, 4.69) is 44.4 Å². The van der Waals surface area contributed by atoms with Gasteiger partial charge in [-0.15, -0.1) is 0 Å². The van der Waals surface area contributed by atoms with Gasteiger partial charge in [0, 0.05) is 6.04 Å². The number of rotatable bonds is 5. The van der Waals surface area contributed by atoms with E-state index in [1.54, 1.807) is 5.56 Å². The van der Waals surface area contributed by atoms with Crippen molar-refractivity contribution in [1.29, 1.82) is 0 Å². The second kappa shape index (κ2) is 5.01. The maximum atomic E-state index is 3.51. The highest BCUT2D eigenvalue weighted by Crippen LogP contribution is 2.42. The van der Waals surface area contributed by atoms with Gasteiger partial charge in [0.15, 0.2) is 0 Å². The Hall–Kier alpha value is -0.820. The largest absolute Gasteiger partial charge is 0.313 e. The Morgan fingerprint density at radius 1 is 1.25 bits per heavy atom. The molecule has 1 aromatic carbocycles. The SMILES string of the molecule is CCc1ccc(CC)c(C(NC)C2CC2)c1. The van der Waals surface area contributed by atoms with Crippen LogP contribution >= 0.6 is 0 Å². The third kappa shape index (κ3) is 2.30. The first-order chi connectivity index (χ1) is 7.80. The van der Waals surface area contributed by atoms with E-state index >= 15 is 0 Å². The zero-order valence-electron chi connectivity index (χ0n) is 10.7. The van der Waals surface area contributed by atoms with Crippen molar-refractivity contribution in [3.8, 4) is 0 Å². The summed E-state index contributed by atoms with van der Waals surface area (Å²) in [4.78, 5) is 0. The van der Waals surface area contributed by atoms with Crippen LogP contribution in [0.2, 0.25) is 0 Å². The third-order valence-corrected chi connectivity index (χ3v) is 3.74. The van der Waals surface area contributed by atoms with Crippen molar-refractivity contribution in [2.24, 2.45) is 5.92 Å². The lowest BCUT2D eigenvalue weighted by Gasteiger charge is -2.20. The van der Waals surface area contributed by atoms with Gasteiger partial charge in [0.25, 0.3) is 0 Å². The molecule has 1 nitrogen and oxygen atoms in total. The van der Waals surface area contributed by atoms with E-state index in [1.165, 1.54) is 24.0 Å². The fourth-order valence-corrected chi connectivity index (χ4v) is 2.55. The Labute approximate surface area is 99.3 Å². The summed E-state index contributed by atoms with van der Waals surface area (Å²) in [5.41, 5.74) is 4.53. The molecule has 0 heterocycles. The van der Waals surface area contributed by atoms with Gasteiger partial charge in [0.2, 0.25) is 0 Å². The van der Waals surface area contributed by atoms with Crippen molar-refractivity contribution in [3.63, 3.8) is 0 Å². The number of nitrogens with one attached hydrogen (secondary N) is 1. The summed E-state index contributed by atoms with van der Waals surface area (Å²) in [6, 6.07) is 7.60. The second-order valence-electron chi connectivity index (χ2n) is 4.84. The van der Waals surface area contributed by atoms with Crippen molar-refractivity contribution in [3.05, 3.63) is 34.9 Å². The van der Waals surface area contributed by atoms with Crippen molar-refractivity contribution >= 4 is 0 Å². The van der Waals surface area contributed by atoms with E-state index in [-0.39, 0.29) is 0 Å². The predicted molar refractivity (Wildman–Crippen MR) is 69.7 cm³/mol. The summed E-state index contributed by atoms with van der Waals surface area (Å²) >= 11 is 0. The molecule has 0 aromatic heterocycles. The van der Waals surface area contributed by atoms with Gasteiger partial charge in [-0.05, 0) is 55.3 Å². The molecule has 0 amide bonds. The van der Waals surface area contributed by atoms with Crippen LogP contribution in [0.15, 0.2) is 18.2 Å². The molecule has 0 bridgehead atoms. The maximum Gasteiger partial charge on any atom is 0.0348 e. The Morgan fingerprint density at radius 2 is 2.00 bits per heavy atom. The normalized spacial score (nSPS) is 17.4. The highest BCUT2D eigenvalue weighted by Gasteiger charge is 2.32. The molecule has 16 heavy (non-hydrogen) atoms. The van der Waals surface area contributed by atoms with Crippen LogP contribution in [0, 0.1) is 5.92 Å². The molecule has 1 heteroatoms. The Balaban J connectivity index is 2.34. The zero-order valence-corrected chi connectivity index (χ0v) is 10.7. The fraction of sp³-hybridized carbons (Fsp3) is 0.600. The number of aryl methyl sites for hydroxylation is 2. The highest BCUT2D eigenvalue weighted by molar-refractivity contribution is 5.35. The molecule has 1 N–H and O–H groups in total. The van der Waals surface area contributed by atoms with Crippen LogP contribution < -0.4 is 5.32 Å². The van der Waals surface area contributed by atoms with Crippen LogP contribution in [0.5, 0.6) is 0 Å². The lowest BCUT2D eigenvalue weighted by atomic mass is 9.93. The zero-order chi connectivity index (χ0) is 11.5. The average Bonchev–Trinajstić information content (AvgIpc) is 3.14. The minimum Gasteiger partial charge on any atom is -0.313 e. The molecule has 2 rings (SSSR count). The molecule has 0 radical (unpaired) electrons. The predicted octanol–water partition coefficient (Wildman–Crippen LogP) is 3.48. The van der Waals surface area contributed by atoms with Crippen LogP contribution in [0.3, 0.4) is 0 Å². The van der Waals surface area contributed by atoms with Crippen molar-refractivity contribution in [1.82, 2.24) is 5.32 Å². The number of hydrogen-bond acceptors (Lipinski definition) is 1. The topological polar surface area (TPSA) is 12.0 Å². The summed E-state index contributed by atoms with van der Waals surface area (Å²) in [6.45, 7) is 4.49. The molecular weight excluding hydrogens is 194 g/mol. The first-order valence-corrected chi connectivity index (χ1v) is 6.59. The van der Waals surface area contributed by atoms with E-state index < -0.39 is 0 Å². The van der Waals surface area contributed by atoms with Gasteiger partial charge in [0.05, 0.1) is 0 Å². The molecule has 1 aliphatic carbocycles. The smallest absolute Gasteiger partial charge is 0.0348 e. The summed E-state index contributed by atoms with van der Waals surface area (Å²) < 4.78 is 0. The van der Waals surface area contributed by atoms with Gasteiger partial charge in [0.1, 0.15) is 0 Å². The minimum atomic E-state index is 0.585. The van der Waals surface area contributed by atoms with Crippen LogP contribution in [-0.2, 0) is 12.8 Å². The van der Waals surface area contributed by atoms with E-state index in [9.17, 15) is 0 Å². The molecule has 1 atom stereocenters. The summed E-state index contributed by atoms with van der Waals surface area (Å²) in [5, 5.41) is 3.51. The summed E-state index contributed by atoms with van der Waals surface area (Å²) in [6.07, 6.45) is 5.07. The molecule has 1 fully saturated rings.